The average Bonchev–Trinajstić information content (AvgIpc) is 2.66. The summed E-state index contributed by atoms with van der Waals surface area (Å²) >= 11 is 0. The molecule has 2 N–H and O–H groups in total. The Kier molecular flexibility index (Phi) is 15.9. The fourth-order valence-corrected chi connectivity index (χ4v) is 5.79. The van der Waals surface area contributed by atoms with Gasteiger partial charge in [0, 0.05) is 0 Å². The molecule has 0 aliphatic heterocycles. The first-order valence-electron chi connectivity index (χ1n) is 9.92. The zero-order valence-corrected chi connectivity index (χ0v) is 18.8. The first-order chi connectivity index (χ1) is 12.9. The molecule has 0 unspecified atom stereocenters. The van der Waals surface area contributed by atoms with Gasteiger partial charge in [0.15, 0.2) is 0 Å². The van der Waals surface area contributed by atoms with Crippen molar-refractivity contribution < 1.29 is 22.8 Å². The minimum absolute atomic E-state index is 0.111. The predicted octanol–water partition coefficient (Wildman–Crippen LogP) is 5.17. The van der Waals surface area contributed by atoms with E-state index in [0.717, 1.165) is 0 Å². The standard InChI is InChI=1S/C12H27P.C8H10O5S/c1-4-7-10-13(11-8-5-2)12-9-6-3;9-5-6-13-7-1-3-8(4-2-7)14(10,11)12/h4-12H2,1-3H3;1-4,9H,5-6H2,(H,10,11,12). The first-order valence-corrected chi connectivity index (χ1v) is 13.3. The van der Waals surface area contributed by atoms with Crippen molar-refractivity contribution in [3.8, 4) is 5.75 Å². The van der Waals surface area contributed by atoms with E-state index in [1.54, 1.807) is 18.5 Å². The second-order valence-electron chi connectivity index (χ2n) is 6.42. The molecule has 0 fully saturated rings. The third kappa shape index (κ3) is 14.0. The van der Waals surface area contributed by atoms with Gasteiger partial charge in [-0.15, -0.1) is 7.92 Å². The lowest BCUT2D eigenvalue weighted by Crippen LogP contribution is -2.02. The van der Waals surface area contributed by atoms with Crippen LogP contribution in [0, 0.1) is 0 Å². The topological polar surface area (TPSA) is 83.8 Å². The molecule has 1 aromatic rings. The van der Waals surface area contributed by atoms with Crippen molar-refractivity contribution >= 4 is 18.0 Å². The SMILES string of the molecule is CCCCP(CCCC)CCCC.O=S(=O)(O)c1ccc(OCCO)cc1. The Hall–Kier alpha value is -0.680. The van der Waals surface area contributed by atoms with Crippen LogP contribution in [-0.4, -0.2) is 49.8 Å². The molecule has 7 heteroatoms. The summed E-state index contributed by atoms with van der Waals surface area (Å²) in [7, 11) is -3.72. The van der Waals surface area contributed by atoms with Gasteiger partial charge in [0.1, 0.15) is 12.4 Å². The maximum atomic E-state index is 10.6. The van der Waals surface area contributed by atoms with Crippen molar-refractivity contribution in [3.63, 3.8) is 0 Å². The van der Waals surface area contributed by atoms with Gasteiger partial charge in [-0.2, -0.15) is 8.42 Å². The molecule has 0 amide bonds. The molecule has 1 rings (SSSR count). The molecule has 27 heavy (non-hydrogen) atoms. The van der Waals surface area contributed by atoms with Crippen LogP contribution in [0.1, 0.15) is 59.3 Å². The van der Waals surface area contributed by atoms with E-state index in [-0.39, 0.29) is 18.1 Å². The van der Waals surface area contributed by atoms with E-state index in [4.69, 9.17) is 14.4 Å². The minimum atomic E-state index is -4.15. The molecule has 0 bridgehead atoms. The van der Waals surface area contributed by atoms with E-state index in [1.165, 1.54) is 62.8 Å². The highest BCUT2D eigenvalue weighted by atomic mass is 32.2. The van der Waals surface area contributed by atoms with Gasteiger partial charge >= 0.3 is 0 Å². The third-order valence-electron chi connectivity index (χ3n) is 3.97. The Morgan fingerprint density at radius 2 is 1.33 bits per heavy atom. The molecule has 0 saturated heterocycles. The van der Waals surface area contributed by atoms with E-state index in [9.17, 15) is 8.42 Å². The second kappa shape index (κ2) is 16.3. The minimum Gasteiger partial charge on any atom is -0.491 e. The molecule has 0 saturated carbocycles. The maximum Gasteiger partial charge on any atom is 0.294 e. The summed E-state index contributed by atoms with van der Waals surface area (Å²) in [5.41, 5.74) is 0. The predicted molar refractivity (Wildman–Crippen MR) is 115 cm³/mol. The number of hydrogen-bond donors (Lipinski definition) is 2. The number of rotatable bonds is 13. The monoisotopic (exact) mass is 420 g/mol. The zero-order valence-electron chi connectivity index (χ0n) is 17.1. The van der Waals surface area contributed by atoms with E-state index < -0.39 is 10.1 Å². The van der Waals surface area contributed by atoms with Crippen molar-refractivity contribution in [3.05, 3.63) is 24.3 Å². The lowest BCUT2D eigenvalue weighted by atomic mass is 10.3. The highest BCUT2D eigenvalue weighted by molar-refractivity contribution is 7.85. The number of unbranched alkanes of at least 4 members (excludes halogenated alkanes) is 3. The molecule has 0 heterocycles. The third-order valence-corrected chi connectivity index (χ3v) is 7.68. The quantitative estimate of drug-likeness (QED) is 0.340. The van der Waals surface area contributed by atoms with Crippen LogP contribution >= 0.6 is 7.92 Å². The molecule has 0 aliphatic rings. The van der Waals surface area contributed by atoms with Gasteiger partial charge < -0.3 is 9.84 Å². The van der Waals surface area contributed by atoms with Crippen molar-refractivity contribution in [2.45, 2.75) is 64.2 Å². The molecule has 0 aliphatic carbocycles. The molecular weight excluding hydrogens is 383 g/mol. The van der Waals surface area contributed by atoms with Crippen LogP contribution in [0.15, 0.2) is 29.2 Å². The molecule has 5 nitrogen and oxygen atoms in total. The van der Waals surface area contributed by atoms with Gasteiger partial charge in [-0.1, -0.05) is 40.0 Å². The first kappa shape index (κ1) is 26.3. The van der Waals surface area contributed by atoms with Gasteiger partial charge in [0.2, 0.25) is 0 Å². The summed E-state index contributed by atoms with van der Waals surface area (Å²) in [4.78, 5) is -0.186. The molecule has 0 aromatic heterocycles. The van der Waals surface area contributed by atoms with Crippen LogP contribution in [-0.2, 0) is 10.1 Å². The Labute approximate surface area is 167 Å². The molecular formula is C20H37O5PS. The number of hydrogen-bond acceptors (Lipinski definition) is 4. The van der Waals surface area contributed by atoms with Crippen LogP contribution in [0.2, 0.25) is 0 Å². The van der Waals surface area contributed by atoms with Crippen LogP contribution in [0.5, 0.6) is 5.75 Å². The van der Waals surface area contributed by atoms with E-state index in [0.29, 0.717) is 13.7 Å². The number of benzene rings is 1. The van der Waals surface area contributed by atoms with Crippen molar-refractivity contribution in [1.29, 1.82) is 0 Å². The largest absolute Gasteiger partial charge is 0.491 e. The van der Waals surface area contributed by atoms with Crippen LogP contribution in [0.4, 0.5) is 0 Å². The fraction of sp³-hybridized carbons (Fsp3) is 0.700. The Morgan fingerprint density at radius 3 is 1.67 bits per heavy atom. The lowest BCUT2D eigenvalue weighted by molar-refractivity contribution is 0.201. The van der Waals surface area contributed by atoms with Crippen LogP contribution in [0.25, 0.3) is 0 Å². The van der Waals surface area contributed by atoms with Crippen LogP contribution < -0.4 is 4.74 Å². The van der Waals surface area contributed by atoms with Crippen molar-refractivity contribution in [2.24, 2.45) is 0 Å². The number of aliphatic hydroxyl groups excluding tert-OH is 1. The Morgan fingerprint density at radius 1 is 0.889 bits per heavy atom. The van der Waals surface area contributed by atoms with Crippen LogP contribution in [0.3, 0.4) is 0 Å². The molecule has 158 valence electrons. The molecule has 0 radical (unpaired) electrons. The van der Waals surface area contributed by atoms with Gasteiger partial charge in [-0.25, -0.2) is 0 Å². The summed E-state index contributed by atoms with van der Waals surface area (Å²) in [5, 5.41) is 8.45. The average molecular weight is 421 g/mol. The van der Waals surface area contributed by atoms with Crippen molar-refractivity contribution in [1.82, 2.24) is 0 Å². The molecule has 0 spiro atoms. The van der Waals surface area contributed by atoms with Crippen molar-refractivity contribution in [2.75, 3.05) is 31.7 Å². The highest BCUT2D eigenvalue weighted by Crippen LogP contribution is 2.38. The lowest BCUT2D eigenvalue weighted by Gasteiger charge is -2.16. The van der Waals surface area contributed by atoms with E-state index >= 15 is 0 Å². The summed E-state index contributed by atoms with van der Waals surface area (Å²) in [6.07, 6.45) is 13.2. The number of aliphatic hydroxyl groups is 1. The molecule has 0 atom stereocenters. The Balaban J connectivity index is 0.000000503. The Bertz CT molecular complexity index is 541. The van der Waals surface area contributed by atoms with E-state index in [1.807, 2.05) is 0 Å². The maximum absolute atomic E-state index is 10.6. The zero-order chi connectivity index (χ0) is 20.5. The summed E-state index contributed by atoms with van der Waals surface area (Å²) in [5.74, 6) is 0.437. The van der Waals surface area contributed by atoms with Gasteiger partial charge in [0.05, 0.1) is 11.5 Å². The fourth-order valence-electron chi connectivity index (χ4n) is 2.35. The summed E-state index contributed by atoms with van der Waals surface area (Å²) < 4.78 is 34.9. The van der Waals surface area contributed by atoms with Gasteiger partial charge in [-0.3, -0.25) is 4.55 Å². The van der Waals surface area contributed by atoms with Gasteiger partial charge in [-0.05, 0) is 62.0 Å². The smallest absolute Gasteiger partial charge is 0.294 e. The number of ether oxygens (including phenoxy) is 1. The van der Waals surface area contributed by atoms with E-state index in [2.05, 4.69) is 20.8 Å². The van der Waals surface area contributed by atoms with Gasteiger partial charge in [0.25, 0.3) is 10.1 Å². The summed E-state index contributed by atoms with van der Waals surface area (Å²) in [6.45, 7) is 6.97. The highest BCUT2D eigenvalue weighted by Gasteiger charge is 2.08. The summed E-state index contributed by atoms with van der Waals surface area (Å²) in [6, 6.07) is 5.25. The normalized spacial score (nSPS) is 11.2. The molecule has 1 aromatic carbocycles. The second-order valence-corrected chi connectivity index (χ2v) is 10.5.